The predicted molar refractivity (Wildman–Crippen MR) is 143 cm³/mol. The zero-order valence-electron chi connectivity index (χ0n) is 20.3. The minimum atomic E-state index is -0.973. The minimum Gasteiger partial charge on any atom is -0.489 e. The van der Waals surface area contributed by atoms with Gasteiger partial charge in [0.15, 0.2) is 0 Å². The largest absolute Gasteiger partial charge is 0.489 e. The molecule has 0 aliphatic rings. The molecular formula is C28H23Cl2N3O4. The van der Waals surface area contributed by atoms with Crippen molar-refractivity contribution >= 4 is 40.2 Å². The lowest BCUT2D eigenvalue weighted by atomic mass is 10.0. The number of aromatic nitrogens is 3. The number of ether oxygens (including phenoxy) is 1. The average molecular weight is 536 g/mol. The summed E-state index contributed by atoms with van der Waals surface area (Å²) in [7, 11) is 1.86. The summed E-state index contributed by atoms with van der Waals surface area (Å²) in [6.07, 6.45) is 0. The van der Waals surface area contributed by atoms with Crippen molar-refractivity contribution in [3.63, 3.8) is 0 Å². The van der Waals surface area contributed by atoms with Crippen molar-refractivity contribution in [3.05, 3.63) is 87.6 Å². The Morgan fingerprint density at radius 1 is 1.08 bits per heavy atom. The van der Waals surface area contributed by atoms with Crippen LogP contribution in [-0.4, -0.2) is 25.8 Å². The maximum atomic E-state index is 11.3. The van der Waals surface area contributed by atoms with Crippen LogP contribution in [0.4, 0.5) is 0 Å². The molecule has 188 valence electrons. The van der Waals surface area contributed by atoms with Gasteiger partial charge in [-0.1, -0.05) is 48.3 Å². The Kier molecular flexibility index (Phi) is 6.67. The summed E-state index contributed by atoms with van der Waals surface area (Å²) in [5.74, 6) is 1.20. The normalized spacial score (nSPS) is 11.4. The standard InChI is InChI=1S/C28H23Cl2N3O4/c1-15(2)26-19(25(32-37-26)24-20(29)5-4-6-21(24)30)14-36-18-10-7-16(8-11-18)27-31-22-12-9-17(28(34)35)13-23(22)33(27)3/h4-13,15H,14H2,1-3H3,(H,34,35). The van der Waals surface area contributed by atoms with E-state index in [-0.39, 0.29) is 18.1 Å². The molecule has 5 aromatic rings. The lowest BCUT2D eigenvalue weighted by Gasteiger charge is -2.11. The van der Waals surface area contributed by atoms with Gasteiger partial charge in [0, 0.05) is 24.1 Å². The molecule has 0 aliphatic heterocycles. The van der Waals surface area contributed by atoms with Gasteiger partial charge >= 0.3 is 5.97 Å². The molecule has 0 fully saturated rings. The van der Waals surface area contributed by atoms with E-state index >= 15 is 0 Å². The zero-order valence-corrected chi connectivity index (χ0v) is 21.8. The smallest absolute Gasteiger partial charge is 0.335 e. The van der Waals surface area contributed by atoms with Gasteiger partial charge < -0.3 is 18.9 Å². The highest BCUT2D eigenvalue weighted by Crippen LogP contribution is 2.39. The Morgan fingerprint density at radius 2 is 1.78 bits per heavy atom. The van der Waals surface area contributed by atoms with E-state index in [9.17, 15) is 9.90 Å². The van der Waals surface area contributed by atoms with E-state index in [1.165, 1.54) is 0 Å². The quantitative estimate of drug-likeness (QED) is 0.230. The lowest BCUT2D eigenvalue weighted by Crippen LogP contribution is -2.01. The maximum absolute atomic E-state index is 11.3. The third kappa shape index (κ3) is 4.68. The number of fused-ring (bicyclic) bond motifs is 1. The van der Waals surface area contributed by atoms with Crippen molar-refractivity contribution in [2.75, 3.05) is 0 Å². The van der Waals surface area contributed by atoms with Gasteiger partial charge in [-0.2, -0.15) is 0 Å². The summed E-state index contributed by atoms with van der Waals surface area (Å²) < 4.78 is 13.7. The van der Waals surface area contributed by atoms with Gasteiger partial charge in [-0.25, -0.2) is 9.78 Å². The molecule has 37 heavy (non-hydrogen) atoms. The molecule has 2 heterocycles. The van der Waals surface area contributed by atoms with Crippen LogP contribution in [0.3, 0.4) is 0 Å². The van der Waals surface area contributed by atoms with Crippen LogP contribution < -0.4 is 4.74 Å². The van der Waals surface area contributed by atoms with Gasteiger partial charge in [0.25, 0.3) is 0 Å². The molecule has 0 amide bonds. The van der Waals surface area contributed by atoms with Gasteiger partial charge in [0.1, 0.15) is 29.6 Å². The van der Waals surface area contributed by atoms with Crippen molar-refractivity contribution in [1.82, 2.24) is 14.7 Å². The highest BCUT2D eigenvalue weighted by atomic mass is 35.5. The summed E-state index contributed by atoms with van der Waals surface area (Å²) in [4.78, 5) is 16.0. The second-order valence-electron chi connectivity index (χ2n) is 8.94. The van der Waals surface area contributed by atoms with Crippen molar-refractivity contribution < 1.29 is 19.2 Å². The Bertz CT molecular complexity index is 1600. The maximum Gasteiger partial charge on any atom is 0.335 e. The van der Waals surface area contributed by atoms with E-state index < -0.39 is 5.97 Å². The first-order chi connectivity index (χ1) is 17.7. The molecule has 0 unspecified atom stereocenters. The first-order valence-electron chi connectivity index (χ1n) is 11.6. The molecule has 9 heteroatoms. The number of carboxylic acid groups (broad SMARTS) is 1. The van der Waals surface area contributed by atoms with E-state index in [4.69, 9.17) is 32.5 Å². The number of hydrogen-bond donors (Lipinski definition) is 1. The van der Waals surface area contributed by atoms with Crippen molar-refractivity contribution in [3.8, 4) is 28.4 Å². The summed E-state index contributed by atoms with van der Waals surface area (Å²) in [5.41, 5.74) is 4.53. The van der Waals surface area contributed by atoms with Crippen LogP contribution in [0.25, 0.3) is 33.7 Å². The van der Waals surface area contributed by atoms with E-state index in [2.05, 4.69) is 10.1 Å². The number of carboxylic acids is 1. The highest BCUT2D eigenvalue weighted by Gasteiger charge is 2.24. The number of aromatic carboxylic acids is 1. The van der Waals surface area contributed by atoms with Crippen molar-refractivity contribution in [1.29, 1.82) is 0 Å². The minimum absolute atomic E-state index is 0.0858. The van der Waals surface area contributed by atoms with Crippen LogP contribution in [0.2, 0.25) is 10.0 Å². The summed E-state index contributed by atoms with van der Waals surface area (Å²) >= 11 is 12.9. The van der Waals surface area contributed by atoms with E-state index in [1.54, 1.807) is 36.4 Å². The highest BCUT2D eigenvalue weighted by molar-refractivity contribution is 6.39. The van der Waals surface area contributed by atoms with Gasteiger partial charge in [0.2, 0.25) is 0 Å². The number of rotatable bonds is 7. The van der Waals surface area contributed by atoms with Crippen LogP contribution in [-0.2, 0) is 13.7 Å². The molecule has 0 aliphatic carbocycles. The second-order valence-corrected chi connectivity index (χ2v) is 9.76. The van der Waals surface area contributed by atoms with E-state index in [0.717, 1.165) is 28.0 Å². The third-order valence-corrected chi connectivity index (χ3v) is 6.80. The van der Waals surface area contributed by atoms with Gasteiger partial charge in [0.05, 0.1) is 32.2 Å². The monoisotopic (exact) mass is 535 g/mol. The number of nitrogens with zero attached hydrogens (tertiary/aromatic N) is 3. The molecule has 0 atom stereocenters. The first kappa shape index (κ1) is 24.9. The number of aryl methyl sites for hydroxylation is 1. The van der Waals surface area contributed by atoms with Gasteiger partial charge in [-0.05, 0) is 54.6 Å². The SMILES string of the molecule is CC(C)c1onc(-c2c(Cl)cccc2Cl)c1COc1ccc(-c2nc3ccc(C(=O)O)cc3n2C)cc1. The number of imidazole rings is 1. The molecule has 0 spiro atoms. The molecule has 7 nitrogen and oxygen atoms in total. The number of halogens is 2. The Hall–Kier alpha value is -3.81. The van der Waals surface area contributed by atoms with Crippen LogP contribution in [0.1, 0.15) is 41.4 Å². The van der Waals surface area contributed by atoms with Crippen LogP contribution in [0.5, 0.6) is 5.75 Å². The average Bonchev–Trinajstić information content (AvgIpc) is 3.44. The summed E-state index contributed by atoms with van der Waals surface area (Å²) in [5, 5.41) is 14.5. The number of benzene rings is 3. The first-order valence-corrected chi connectivity index (χ1v) is 12.4. The fourth-order valence-corrected chi connectivity index (χ4v) is 4.85. The summed E-state index contributed by atoms with van der Waals surface area (Å²) in [6, 6.07) is 17.8. The third-order valence-electron chi connectivity index (χ3n) is 6.17. The molecule has 1 N–H and O–H groups in total. The number of hydrogen-bond acceptors (Lipinski definition) is 5. The van der Waals surface area contributed by atoms with Crippen LogP contribution in [0.15, 0.2) is 65.2 Å². The summed E-state index contributed by atoms with van der Waals surface area (Å²) in [6.45, 7) is 4.26. The Morgan fingerprint density at radius 3 is 2.43 bits per heavy atom. The zero-order chi connectivity index (χ0) is 26.3. The molecule has 3 aromatic carbocycles. The molecule has 0 saturated heterocycles. The lowest BCUT2D eigenvalue weighted by molar-refractivity contribution is 0.0697. The molecule has 0 bridgehead atoms. The Labute approximate surface area is 223 Å². The van der Waals surface area contributed by atoms with E-state index in [0.29, 0.717) is 32.8 Å². The second kappa shape index (κ2) is 9.92. The van der Waals surface area contributed by atoms with Crippen molar-refractivity contribution in [2.24, 2.45) is 7.05 Å². The molecular weight excluding hydrogens is 513 g/mol. The topological polar surface area (TPSA) is 90.4 Å². The van der Waals surface area contributed by atoms with E-state index in [1.807, 2.05) is 49.7 Å². The van der Waals surface area contributed by atoms with Gasteiger partial charge in [-0.15, -0.1) is 0 Å². The van der Waals surface area contributed by atoms with Crippen LogP contribution >= 0.6 is 23.2 Å². The molecule has 5 rings (SSSR count). The van der Waals surface area contributed by atoms with Crippen LogP contribution in [0, 0.1) is 0 Å². The Balaban J connectivity index is 1.42. The van der Waals surface area contributed by atoms with Gasteiger partial charge in [-0.3, -0.25) is 0 Å². The predicted octanol–water partition coefficient (Wildman–Crippen LogP) is 7.60. The molecule has 0 saturated carbocycles. The fraction of sp³-hybridized carbons (Fsp3) is 0.179. The molecule has 2 aromatic heterocycles. The number of carbonyl (C=O) groups is 1. The fourth-order valence-electron chi connectivity index (χ4n) is 4.27. The molecule has 0 radical (unpaired) electrons. The van der Waals surface area contributed by atoms with Crippen molar-refractivity contribution in [2.45, 2.75) is 26.4 Å².